The SMILES string of the molecule is CC(C)(C)c1cc(-c2ccccc2)c(N2c3cc(-n4c5ccc(C(C)(C)C)cc5c5cc(C(C)(C)C)ccc54)ccc3B3c4ccc(-n5c6ccccc6c6cc7c(cc65)c5ccccc5n7-c5ccccc5)cc4N(c4c(-c5ccccc5)cc(C(C)(C)C)cc4-c4ccccc4)c4cc(C(C)(C)C)cc2c43)c(-c2ccccc2)c1. The van der Waals surface area contributed by atoms with Gasteiger partial charge in [-0.15, -0.1) is 0 Å². The second-order valence-electron chi connectivity index (χ2n) is 37.8. The lowest BCUT2D eigenvalue weighted by molar-refractivity contribution is 0.590. The molecule has 116 heavy (non-hydrogen) atoms. The van der Waals surface area contributed by atoms with E-state index in [0.717, 1.165) is 84.5 Å². The number of anilines is 6. The molecule has 5 heterocycles. The number of hydrogen-bond donors (Lipinski definition) is 0. The number of nitrogens with zero attached hydrogens (tertiary/aromatic N) is 5. The average Bonchev–Trinajstić information content (AvgIpc) is 0.749. The lowest BCUT2D eigenvalue weighted by Gasteiger charge is -2.47. The Balaban J connectivity index is 0.961. The first-order chi connectivity index (χ1) is 55.7. The zero-order chi connectivity index (χ0) is 79.8. The summed E-state index contributed by atoms with van der Waals surface area (Å²) in [5, 5.41) is 7.36. The van der Waals surface area contributed by atoms with E-state index >= 15 is 0 Å². The second kappa shape index (κ2) is 26.5. The van der Waals surface area contributed by atoms with Gasteiger partial charge in [-0.3, -0.25) is 0 Å². The number of hydrogen-bond acceptors (Lipinski definition) is 2. The molecule has 566 valence electrons. The summed E-state index contributed by atoms with van der Waals surface area (Å²) >= 11 is 0. The van der Waals surface area contributed by atoms with Crippen molar-refractivity contribution in [2.75, 3.05) is 9.80 Å². The van der Waals surface area contributed by atoms with E-state index in [1.165, 1.54) is 121 Å². The van der Waals surface area contributed by atoms with Crippen molar-refractivity contribution in [1.29, 1.82) is 0 Å². The van der Waals surface area contributed by atoms with E-state index in [0.29, 0.717) is 0 Å². The van der Waals surface area contributed by atoms with E-state index in [1.54, 1.807) is 0 Å². The second-order valence-corrected chi connectivity index (χ2v) is 37.8. The van der Waals surface area contributed by atoms with Crippen molar-refractivity contribution in [3.63, 3.8) is 0 Å². The van der Waals surface area contributed by atoms with Crippen molar-refractivity contribution in [2.24, 2.45) is 0 Å². The van der Waals surface area contributed by atoms with Gasteiger partial charge in [0.2, 0.25) is 0 Å². The molecule has 0 fully saturated rings. The summed E-state index contributed by atoms with van der Waals surface area (Å²) < 4.78 is 7.60. The molecule has 0 saturated heterocycles. The van der Waals surface area contributed by atoms with Gasteiger partial charge in [0.05, 0.1) is 44.5 Å². The summed E-state index contributed by atoms with van der Waals surface area (Å²) in [7, 11) is 0. The van der Waals surface area contributed by atoms with Crippen molar-refractivity contribution in [2.45, 2.75) is 131 Å². The zero-order valence-electron chi connectivity index (χ0n) is 69.4. The minimum absolute atomic E-state index is 0.0688. The molecule has 6 heteroatoms. The molecule has 0 radical (unpaired) electrons. The lowest BCUT2D eigenvalue weighted by atomic mass is 9.33. The molecular formula is C110H98BN5. The molecule has 0 aliphatic carbocycles. The Labute approximate surface area is 683 Å². The van der Waals surface area contributed by atoms with Crippen LogP contribution in [0.1, 0.15) is 132 Å². The monoisotopic (exact) mass is 1500 g/mol. The Morgan fingerprint density at radius 3 is 0.853 bits per heavy atom. The highest BCUT2D eigenvalue weighted by Crippen LogP contribution is 2.56. The van der Waals surface area contributed by atoms with Crippen molar-refractivity contribution in [1.82, 2.24) is 13.7 Å². The number of para-hydroxylation sites is 3. The van der Waals surface area contributed by atoms with Crippen LogP contribution in [0.25, 0.3) is 127 Å². The molecule has 18 aromatic rings. The van der Waals surface area contributed by atoms with Crippen LogP contribution < -0.4 is 26.2 Å². The molecule has 15 aromatic carbocycles. The van der Waals surface area contributed by atoms with Crippen LogP contribution in [-0.4, -0.2) is 20.4 Å². The minimum atomic E-state index is -0.359. The Hall–Kier alpha value is -12.6. The first-order valence-corrected chi connectivity index (χ1v) is 41.5. The highest BCUT2D eigenvalue weighted by Gasteiger charge is 2.47. The molecule has 0 bridgehead atoms. The normalized spacial score (nSPS) is 13.2. The molecule has 0 atom stereocenters. The summed E-state index contributed by atoms with van der Waals surface area (Å²) in [6.07, 6.45) is 0. The summed E-state index contributed by atoms with van der Waals surface area (Å²) in [5.41, 5.74) is 35.7. The van der Waals surface area contributed by atoms with E-state index in [2.05, 4.69) is 449 Å². The van der Waals surface area contributed by atoms with Crippen LogP contribution in [0.4, 0.5) is 34.1 Å². The van der Waals surface area contributed by atoms with E-state index in [1.807, 2.05) is 0 Å². The number of aromatic nitrogens is 3. The summed E-state index contributed by atoms with van der Waals surface area (Å²) in [5.74, 6) is 0. The van der Waals surface area contributed by atoms with Crippen LogP contribution >= 0.6 is 0 Å². The Morgan fingerprint density at radius 2 is 0.500 bits per heavy atom. The van der Waals surface area contributed by atoms with Gasteiger partial charge >= 0.3 is 0 Å². The molecule has 2 aliphatic heterocycles. The van der Waals surface area contributed by atoms with E-state index in [9.17, 15) is 0 Å². The Kier molecular flexibility index (Phi) is 16.5. The topological polar surface area (TPSA) is 21.3 Å². The minimum Gasteiger partial charge on any atom is -0.310 e. The van der Waals surface area contributed by atoms with Crippen molar-refractivity contribution in [3.05, 3.63) is 349 Å². The third-order valence-corrected chi connectivity index (χ3v) is 25.1. The molecule has 0 amide bonds. The Morgan fingerprint density at radius 1 is 0.207 bits per heavy atom. The Bertz CT molecular complexity index is 6810. The fraction of sp³-hybridized carbons (Fsp3) is 0.182. The van der Waals surface area contributed by atoms with Crippen molar-refractivity contribution < 1.29 is 0 Å². The molecule has 5 nitrogen and oxygen atoms in total. The number of rotatable bonds is 9. The fourth-order valence-electron chi connectivity index (χ4n) is 18.9. The van der Waals surface area contributed by atoms with Crippen LogP contribution in [0.2, 0.25) is 0 Å². The predicted molar refractivity (Wildman–Crippen MR) is 499 cm³/mol. The van der Waals surface area contributed by atoms with E-state index in [4.69, 9.17) is 0 Å². The zero-order valence-corrected chi connectivity index (χ0v) is 69.4. The van der Waals surface area contributed by atoms with Gasteiger partial charge in [0, 0.05) is 94.4 Å². The molecular weight excluding hydrogens is 1400 g/mol. The molecule has 3 aromatic heterocycles. The van der Waals surface area contributed by atoms with Gasteiger partial charge in [-0.1, -0.05) is 304 Å². The highest BCUT2D eigenvalue weighted by molar-refractivity contribution is 7.00. The number of benzene rings is 15. The molecule has 0 spiro atoms. The molecule has 2 aliphatic rings. The average molecular weight is 1500 g/mol. The van der Waals surface area contributed by atoms with E-state index < -0.39 is 0 Å². The van der Waals surface area contributed by atoms with Crippen molar-refractivity contribution in [3.8, 4) is 61.6 Å². The highest BCUT2D eigenvalue weighted by atomic mass is 15.2. The summed E-state index contributed by atoms with van der Waals surface area (Å²) in [6.45, 7) is 35.2. The first-order valence-electron chi connectivity index (χ1n) is 41.5. The molecule has 0 unspecified atom stereocenters. The van der Waals surface area contributed by atoms with Gasteiger partial charge in [0.15, 0.2) is 0 Å². The summed E-state index contributed by atoms with van der Waals surface area (Å²) in [4.78, 5) is 5.51. The van der Waals surface area contributed by atoms with Crippen LogP contribution in [0.3, 0.4) is 0 Å². The smallest absolute Gasteiger partial charge is 0.252 e. The fourth-order valence-corrected chi connectivity index (χ4v) is 18.9. The van der Waals surface area contributed by atoms with E-state index in [-0.39, 0.29) is 33.8 Å². The molecule has 20 rings (SSSR count). The van der Waals surface area contributed by atoms with Gasteiger partial charge in [-0.05, 0) is 215 Å². The lowest BCUT2D eigenvalue weighted by Crippen LogP contribution is -2.61. The van der Waals surface area contributed by atoms with Gasteiger partial charge < -0.3 is 23.5 Å². The molecule has 0 saturated carbocycles. The number of fused-ring (bicyclic) bond motifs is 13. The van der Waals surface area contributed by atoms with Crippen LogP contribution in [-0.2, 0) is 27.1 Å². The van der Waals surface area contributed by atoms with Crippen LogP contribution in [0.5, 0.6) is 0 Å². The van der Waals surface area contributed by atoms with Crippen LogP contribution in [0.15, 0.2) is 322 Å². The summed E-state index contributed by atoms with van der Waals surface area (Å²) in [6, 6.07) is 124. The quantitative estimate of drug-likeness (QED) is 0.134. The largest absolute Gasteiger partial charge is 0.310 e. The van der Waals surface area contributed by atoms with Gasteiger partial charge in [0.25, 0.3) is 6.71 Å². The third-order valence-electron chi connectivity index (χ3n) is 25.1. The third kappa shape index (κ3) is 11.7. The first kappa shape index (κ1) is 72.3. The maximum absolute atomic E-state index is 2.76. The standard InChI is InChI=1S/C110H98BN5/c1-106(2,3)73-49-55-95-87(57-73)88-58-74(107(4,5)6)50-56-96(88)113(95)79-51-53-91-99(65-79)115(104-83(69-35-21-16-22-36-69)59-75(108(7,8)9)60-84(104)70-37-23-17-24-38-70)101-63-77(110(13,14)15)64-102-103(101)111(91)92-54-52-80(66-100(92)116(102)105-85(71-39-25-18-26-40-71)61-76(109(10,11)12)62-86(105)72-41-27-19-28-42-72)114-94-48-34-32-46-82(94)90-67-97-89(68-98(90)114)81-45-31-33-47-93(81)112(97)78-43-29-20-30-44-78/h16-68H,1-15H3. The van der Waals surface area contributed by atoms with Gasteiger partial charge in [-0.2, -0.15) is 0 Å². The van der Waals surface area contributed by atoms with Gasteiger partial charge in [-0.25, -0.2) is 0 Å². The van der Waals surface area contributed by atoms with Crippen molar-refractivity contribution >= 4 is 123 Å². The molecule has 0 N–H and O–H groups in total. The predicted octanol–water partition coefficient (Wildman–Crippen LogP) is 28.2. The van der Waals surface area contributed by atoms with Gasteiger partial charge in [0.1, 0.15) is 0 Å². The maximum Gasteiger partial charge on any atom is 0.252 e. The van der Waals surface area contributed by atoms with Crippen LogP contribution in [0, 0.1) is 0 Å². The maximum atomic E-state index is 2.76.